The minimum absolute atomic E-state index is 0.168. The first-order valence-electron chi connectivity index (χ1n) is 8.71. The minimum atomic E-state index is -0.316. The highest BCUT2D eigenvalue weighted by Gasteiger charge is 2.25. The molecule has 0 spiro atoms. The Hall–Kier alpha value is -2.94. The van der Waals surface area contributed by atoms with E-state index in [0.29, 0.717) is 32.0 Å². The van der Waals surface area contributed by atoms with Crippen LogP contribution in [0.25, 0.3) is 11.1 Å². The first kappa shape index (κ1) is 18.8. The van der Waals surface area contributed by atoms with Crippen LogP contribution in [0.15, 0.2) is 27.8 Å². The summed E-state index contributed by atoms with van der Waals surface area (Å²) in [5.41, 5.74) is 1.01. The maximum Gasteiger partial charge on any atom is 0.265 e. The van der Waals surface area contributed by atoms with Gasteiger partial charge >= 0.3 is 0 Å². The number of carbonyl (C=O) groups excluding carboxylic acids is 1. The predicted octanol–water partition coefficient (Wildman–Crippen LogP) is 1.43. The third-order valence-electron chi connectivity index (χ3n) is 4.45. The first-order chi connectivity index (χ1) is 13.0. The van der Waals surface area contributed by atoms with Gasteiger partial charge in [-0.1, -0.05) is 0 Å². The first-order valence-corrected chi connectivity index (χ1v) is 8.71. The molecule has 144 valence electrons. The molecule has 0 aromatic carbocycles. The summed E-state index contributed by atoms with van der Waals surface area (Å²) in [6, 6.07) is 1.87. The molecule has 0 unspecified atom stereocenters. The molecule has 0 saturated carbocycles. The lowest BCUT2D eigenvalue weighted by Crippen LogP contribution is -2.30. The average molecular weight is 373 g/mol. The van der Waals surface area contributed by atoms with Gasteiger partial charge in [-0.05, 0) is 19.9 Å². The van der Waals surface area contributed by atoms with Crippen molar-refractivity contribution in [2.75, 3.05) is 20.8 Å². The van der Waals surface area contributed by atoms with Crippen LogP contribution in [0.1, 0.15) is 28.7 Å². The van der Waals surface area contributed by atoms with Crippen molar-refractivity contribution in [3.05, 3.63) is 46.0 Å². The quantitative estimate of drug-likeness (QED) is 0.622. The second-order valence-electron chi connectivity index (χ2n) is 6.25. The Morgan fingerprint density at radius 3 is 2.89 bits per heavy atom. The number of hydrogen-bond donors (Lipinski definition) is 0. The predicted molar refractivity (Wildman–Crippen MR) is 98.6 cm³/mol. The van der Waals surface area contributed by atoms with Crippen molar-refractivity contribution in [3.63, 3.8) is 0 Å². The maximum absolute atomic E-state index is 13.1. The molecule has 0 aliphatic carbocycles. The van der Waals surface area contributed by atoms with Crippen LogP contribution < -0.4 is 5.56 Å². The van der Waals surface area contributed by atoms with Crippen LogP contribution in [-0.4, -0.2) is 50.9 Å². The van der Waals surface area contributed by atoms with Crippen LogP contribution in [0.4, 0.5) is 0 Å². The molecule has 0 aliphatic rings. The van der Waals surface area contributed by atoms with Crippen molar-refractivity contribution in [3.8, 4) is 0 Å². The van der Waals surface area contributed by atoms with Gasteiger partial charge in [-0.15, -0.1) is 0 Å². The minimum Gasteiger partial charge on any atom is -0.442 e. The number of nitrogens with zero attached hydrogens (tertiary/aromatic N) is 5. The van der Waals surface area contributed by atoms with Gasteiger partial charge in [0.1, 0.15) is 17.5 Å². The SMILES string of the molecule is CCn1nccc1CN(C)C(=O)c1c(C)oc2ncn(CCOC)c(=O)c12. The van der Waals surface area contributed by atoms with Crippen molar-refractivity contribution in [1.82, 2.24) is 24.2 Å². The molecular formula is C18H23N5O4. The molecule has 0 aliphatic heterocycles. The largest absolute Gasteiger partial charge is 0.442 e. The number of furan rings is 1. The molecule has 27 heavy (non-hydrogen) atoms. The highest BCUT2D eigenvalue weighted by atomic mass is 16.5. The smallest absolute Gasteiger partial charge is 0.265 e. The highest BCUT2D eigenvalue weighted by molar-refractivity contribution is 6.06. The van der Waals surface area contributed by atoms with E-state index in [1.807, 2.05) is 17.7 Å². The van der Waals surface area contributed by atoms with Crippen molar-refractivity contribution in [1.29, 1.82) is 0 Å². The third-order valence-corrected chi connectivity index (χ3v) is 4.45. The van der Waals surface area contributed by atoms with E-state index in [4.69, 9.17) is 9.15 Å². The third kappa shape index (κ3) is 3.50. The van der Waals surface area contributed by atoms with E-state index < -0.39 is 0 Å². The monoisotopic (exact) mass is 373 g/mol. The van der Waals surface area contributed by atoms with E-state index in [-0.39, 0.29) is 28.1 Å². The van der Waals surface area contributed by atoms with Crippen LogP contribution in [0.5, 0.6) is 0 Å². The Morgan fingerprint density at radius 2 is 2.19 bits per heavy atom. The second-order valence-corrected chi connectivity index (χ2v) is 6.25. The molecule has 3 aromatic heterocycles. The Labute approximate surface area is 156 Å². The van der Waals surface area contributed by atoms with E-state index in [9.17, 15) is 9.59 Å². The van der Waals surface area contributed by atoms with E-state index in [1.165, 1.54) is 10.9 Å². The summed E-state index contributed by atoms with van der Waals surface area (Å²) in [4.78, 5) is 31.6. The van der Waals surface area contributed by atoms with Crippen LogP contribution in [0.2, 0.25) is 0 Å². The molecule has 0 saturated heterocycles. The van der Waals surface area contributed by atoms with Gasteiger partial charge in [0.05, 0.1) is 31.0 Å². The summed E-state index contributed by atoms with van der Waals surface area (Å²) in [6.07, 6.45) is 3.11. The topological polar surface area (TPSA) is 95.4 Å². The fourth-order valence-electron chi connectivity index (χ4n) is 3.03. The zero-order valence-corrected chi connectivity index (χ0v) is 15.9. The lowest BCUT2D eigenvalue weighted by Gasteiger charge is -2.17. The van der Waals surface area contributed by atoms with Gasteiger partial charge in [0.25, 0.3) is 11.5 Å². The molecular weight excluding hydrogens is 350 g/mol. The number of ether oxygens (including phenoxy) is 1. The Morgan fingerprint density at radius 1 is 1.41 bits per heavy atom. The van der Waals surface area contributed by atoms with Crippen molar-refractivity contribution in [2.45, 2.75) is 33.5 Å². The summed E-state index contributed by atoms with van der Waals surface area (Å²) in [6.45, 7) is 5.46. The molecule has 0 radical (unpaired) electrons. The van der Waals surface area contributed by atoms with Crippen LogP contribution in [-0.2, 0) is 24.4 Å². The van der Waals surface area contributed by atoms with Gasteiger partial charge in [0.2, 0.25) is 5.71 Å². The molecule has 3 rings (SSSR count). The number of aryl methyl sites for hydroxylation is 2. The van der Waals surface area contributed by atoms with Crippen LogP contribution >= 0.6 is 0 Å². The number of aromatic nitrogens is 4. The van der Waals surface area contributed by atoms with Crippen LogP contribution in [0, 0.1) is 6.92 Å². The maximum atomic E-state index is 13.1. The van der Waals surface area contributed by atoms with Gasteiger partial charge in [0, 0.05) is 26.9 Å². The zero-order valence-electron chi connectivity index (χ0n) is 15.9. The van der Waals surface area contributed by atoms with E-state index in [1.54, 1.807) is 32.2 Å². The highest BCUT2D eigenvalue weighted by Crippen LogP contribution is 2.22. The fourth-order valence-corrected chi connectivity index (χ4v) is 3.03. The van der Waals surface area contributed by atoms with Gasteiger partial charge in [-0.25, -0.2) is 4.98 Å². The standard InChI is InChI=1S/C18H23N5O4/c1-5-23-13(6-7-20-23)10-21(3)17(24)14-12(2)27-16-15(14)18(25)22(11-19-16)8-9-26-4/h6-7,11H,5,8-10H2,1-4H3. The molecule has 0 bridgehead atoms. The van der Waals surface area contributed by atoms with E-state index in [0.717, 1.165) is 5.69 Å². The lowest BCUT2D eigenvalue weighted by molar-refractivity contribution is 0.0781. The number of rotatable bonds is 7. The Balaban J connectivity index is 1.98. The van der Waals surface area contributed by atoms with Gasteiger partial charge in [-0.2, -0.15) is 5.10 Å². The van der Waals surface area contributed by atoms with E-state index >= 15 is 0 Å². The lowest BCUT2D eigenvalue weighted by atomic mass is 10.1. The summed E-state index contributed by atoms with van der Waals surface area (Å²) >= 11 is 0. The van der Waals surface area contributed by atoms with E-state index in [2.05, 4.69) is 10.1 Å². The summed E-state index contributed by atoms with van der Waals surface area (Å²) in [5, 5.41) is 4.42. The molecule has 0 fully saturated rings. The molecule has 9 heteroatoms. The molecule has 0 atom stereocenters. The van der Waals surface area contributed by atoms with Crippen LogP contribution in [0.3, 0.4) is 0 Å². The molecule has 1 amide bonds. The summed E-state index contributed by atoms with van der Waals surface area (Å²) in [5.74, 6) is 0.0819. The number of carbonyl (C=O) groups is 1. The van der Waals surface area contributed by atoms with Crippen molar-refractivity contribution in [2.24, 2.45) is 0 Å². The Kier molecular flexibility index (Phi) is 5.41. The zero-order chi connectivity index (χ0) is 19.6. The van der Waals surface area contributed by atoms with Crippen molar-refractivity contribution >= 4 is 17.0 Å². The Bertz CT molecular complexity index is 1020. The van der Waals surface area contributed by atoms with Gasteiger partial charge in [-0.3, -0.25) is 18.8 Å². The molecule has 9 nitrogen and oxygen atoms in total. The molecule has 0 N–H and O–H groups in total. The number of hydrogen-bond acceptors (Lipinski definition) is 6. The van der Waals surface area contributed by atoms with Gasteiger partial charge < -0.3 is 14.1 Å². The summed E-state index contributed by atoms with van der Waals surface area (Å²) in [7, 11) is 3.25. The fraction of sp³-hybridized carbons (Fsp3) is 0.444. The van der Waals surface area contributed by atoms with Gasteiger partial charge in [0.15, 0.2) is 0 Å². The van der Waals surface area contributed by atoms with Crippen molar-refractivity contribution < 1.29 is 13.9 Å². The average Bonchev–Trinajstić information content (AvgIpc) is 3.24. The number of fused-ring (bicyclic) bond motifs is 1. The number of methoxy groups -OCH3 is 1. The number of amides is 1. The normalized spacial score (nSPS) is 11.3. The second kappa shape index (κ2) is 7.75. The molecule has 3 heterocycles. The molecule has 3 aromatic rings. The summed E-state index contributed by atoms with van der Waals surface area (Å²) < 4.78 is 13.8.